The molecule has 1 aliphatic carbocycles. The molecule has 1 aromatic heterocycles. The van der Waals surface area contributed by atoms with Crippen LogP contribution in [0.5, 0.6) is 0 Å². The summed E-state index contributed by atoms with van der Waals surface area (Å²) in [4.78, 5) is 4.34. The Kier molecular flexibility index (Phi) is 10.3. The van der Waals surface area contributed by atoms with E-state index in [0.29, 0.717) is 12.0 Å². The Bertz CT molecular complexity index is 513. The van der Waals surface area contributed by atoms with Crippen molar-refractivity contribution in [2.24, 2.45) is 10.4 Å². The third kappa shape index (κ3) is 6.73. The third-order valence-corrected chi connectivity index (χ3v) is 4.95. The zero-order valence-corrected chi connectivity index (χ0v) is 18.1. The number of halogens is 1. The molecule has 1 heterocycles. The number of aryl methyl sites for hydroxylation is 1. The average molecular weight is 464 g/mol. The molecule has 8 heteroatoms. The first-order valence-corrected chi connectivity index (χ1v) is 9.12. The number of nitrogens with one attached hydrogen (secondary N) is 2. The van der Waals surface area contributed by atoms with Crippen LogP contribution >= 0.6 is 24.0 Å². The lowest BCUT2D eigenvalue weighted by Gasteiger charge is -2.30. The predicted molar refractivity (Wildman–Crippen MR) is 111 cm³/mol. The molecule has 1 aromatic rings. The fraction of sp³-hybridized carbons (Fsp3) is 0.824. The summed E-state index contributed by atoms with van der Waals surface area (Å²) < 4.78 is 7.61. The van der Waals surface area contributed by atoms with Gasteiger partial charge in [-0.15, -0.1) is 34.2 Å². The third-order valence-electron chi connectivity index (χ3n) is 4.95. The Balaban J connectivity index is 0.00000312. The first-order valence-electron chi connectivity index (χ1n) is 9.12. The van der Waals surface area contributed by atoms with Gasteiger partial charge in [0.1, 0.15) is 6.33 Å². The number of guanidine groups is 1. The van der Waals surface area contributed by atoms with Crippen molar-refractivity contribution in [3.05, 3.63) is 12.2 Å². The highest BCUT2D eigenvalue weighted by atomic mass is 127. The topological polar surface area (TPSA) is 76.4 Å². The molecule has 0 bridgehead atoms. The van der Waals surface area contributed by atoms with Gasteiger partial charge in [0.05, 0.1) is 6.54 Å². The van der Waals surface area contributed by atoms with Crippen molar-refractivity contribution in [2.45, 2.75) is 59.0 Å². The first-order chi connectivity index (χ1) is 11.7. The fourth-order valence-corrected chi connectivity index (χ4v) is 3.41. The van der Waals surface area contributed by atoms with E-state index in [9.17, 15) is 0 Å². The highest BCUT2D eigenvalue weighted by Gasteiger charge is 2.33. The zero-order chi connectivity index (χ0) is 17.3. The Morgan fingerprint density at radius 2 is 2.08 bits per heavy atom. The lowest BCUT2D eigenvalue weighted by Crippen LogP contribution is -2.43. The van der Waals surface area contributed by atoms with Gasteiger partial charge < -0.3 is 19.9 Å². The van der Waals surface area contributed by atoms with E-state index in [1.54, 1.807) is 13.4 Å². The minimum absolute atomic E-state index is 0. The molecule has 1 aliphatic rings. The lowest BCUT2D eigenvalue weighted by molar-refractivity contribution is 0.105. The van der Waals surface area contributed by atoms with Gasteiger partial charge in [0.15, 0.2) is 11.8 Å². The average Bonchev–Trinajstić information content (AvgIpc) is 3.25. The molecule has 0 spiro atoms. The normalized spacial score (nSPS) is 16.5. The molecule has 1 saturated carbocycles. The zero-order valence-electron chi connectivity index (χ0n) is 15.8. The molecule has 1 fully saturated rings. The molecule has 7 nitrogen and oxygen atoms in total. The molecule has 0 aliphatic heterocycles. The highest BCUT2D eigenvalue weighted by molar-refractivity contribution is 14.0. The van der Waals surface area contributed by atoms with E-state index in [1.165, 1.54) is 25.7 Å². The summed E-state index contributed by atoms with van der Waals surface area (Å²) in [6.45, 7) is 8.23. The van der Waals surface area contributed by atoms with Crippen LogP contribution in [0.25, 0.3) is 0 Å². The van der Waals surface area contributed by atoms with Crippen LogP contribution in [0, 0.1) is 5.41 Å². The van der Waals surface area contributed by atoms with E-state index in [1.807, 2.05) is 4.57 Å². The van der Waals surface area contributed by atoms with Gasteiger partial charge in [-0.25, -0.2) is 0 Å². The van der Waals surface area contributed by atoms with Crippen molar-refractivity contribution >= 4 is 29.9 Å². The van der Waals surface area contributed by atoms with Gasteiger partial charge in [-0.3, -0.25) is 4.99 Å². The molecule has 0 saturated heterocycles. The van der Waals surface area contributed by atoms with Crippen LogP contribution < -0.4 is 10.6 Å². The van der Waals surface area contributed by atoms with E-state index in [4.69, 9.17) is 4.74 Å². The van der Waals surface area contributed by atoms with Crippen molar-refractivity contribution in [1.82, 2.24) is 25.4 Å². The first kappa shape index (κ1) is 22.1. The smallest absolute Gasteiger partial charge is 0.191 e. The lowest BCUT2D eigenvalue weighted by atomic mass is 9.83. The molecule has 0 unspecified atom stereocenters. The fourth-order valence-electron chi connectivity index (χ4n) is 3.41. The second-order valence-electron chi connectivity index (χ2n) is 6.47. The number of hydrogen-bond acceptors (Lipinski definition) is 4. The summed E-state index contributed by atoms with van der Waals surface area (Å²) in [5.74, 6) is 1.75. The Morgan fingerprint density at radius 3 is 2.72 bits per heavy atom. The van der Waals surface area contributed by atoms with Crippen LogP contribution in [0.2, 0.25) is 0 Å². The van der Waals surface area contributed by atoms with Crippen LogP contribution in [0.4, 0.5) is 0 Å². The monoisotopic (exact) mass is 464 g/mol. The van der Waals surface area contributed by atoms with Crippen LogP contribution in [0.3, 0.4) is 0 Å². The minimum Gasteiger partial charge on any atom is -0.382 e. The molecule has 0 radical (unpaired) electrons. The Morgan fingerprint density at radius 1 is 1.32 bits per heavy atom. The predicted octanol–water partition coefficient (Wildman–Crippen LogP) is 2.57. The van der Waals surface area contributed by atoms with Crippen molar-refractivity contribution in [3.8, 4) is 0 Å². The summed E-state index contributed by atoms with van der Waals surface area (Å²) in [6.07, 6.45) is 8.06. The number of aliphatic imine (C=N–C) groups is 1. The van der Waals surface area contributed by atoms with Gasteiger partial charge in [-0.2, -0.15) is 0 Å². The van der Waals surface area contributed by atoms with Gasteiger partial charge >= 0.3 is 0 Å². The van der Waals surface area contributed by atoms with Gasteiger partial charge in [-0.1, -0.05) is 12.8 Å². The molecular weight excluding hydrogens is 431 g/mol. The summed E-state index contributed by atoms with van der Waals surface area (Å²) >= 11 is 0. The number of nitrogens with zero attached hydrogens (tertiary/aromatic N) is 4. The van der Waals surface area contributed by atoms with Crippen molar-refractivity contribution in [3.63, 3.8) is 0 Å². The molecular formula is C17H33IN6O. The SMILES string of the molecule is CCOCCC1(CNC(=NC)NCc2nncn2CC)CCCC1.I. The van der Waals surface area contributed by atoms with E-state index in [-0.39, 0.29) is 24.0 Å². The van der Waals surface area contributed by atoms with Crippen LogP contribution in [0.15, 0.2) is 11.3 Å². The second-order valence-corrected chi connectivity index (χ2v) is 6.47. The number of aromatic nitrogens is 3. The molecule has 0 amide bonds. The van der Waals surface area contributed by atoms with E-state index < -0.39 is 0 Å². The molecule has 0 atom stereocenters. The maximum absolute atomic E-state index is 5.58. The summed E-state index contributed by atoms with van der Waals surface area (Å²) in [5, 5.41) is 14.9. The summed E-state index contributed by atoms with van der Waals surface area (Å²) in [7, 11) is 1.81. The number of ether oxygens (including phenoxy) is 1. The Labute approximate surface area is 168 Å². The van der Waals surface area contributed by atoms with Crippen molar-refractivity contribution < 1.29 is 4.74 Å². The van der Waals surface area contributed by atoms with Crippen LogP contribution in [0.1, 0.15) is 51.8 Å². The van der Waals surface area contributed by atoms with Crippen LogP contribution in [-0.4, -0.2) is 47.5 Å². The molecule has 0 aromatic carbocycles. The highest BCUT2D eigenvalue weighted by Crippen LogP contribution is 2.40. The molecule has 2 N–H and O–H groups in total. The van der Waals surface area contributed by atoms with Crippen molar-refractivity contribution in [1.29, 1.82) is 0 Å². The summed E-state index contributed by atoms with van der Waals surface area (Å²) in [5.41, 5.74) is 0.343. The summed E-state index contributed by atoms with van der Waals surface area (Å²) in [6, 6.07) is 0. The number of rotatable bonds is 9. The molecule has 144 valence electrons. The van der Waals surface area contributed by atoms with Gasteiger partial charge in [0.25, 0.3) is 0 Å². The molecule has 25 heavy (non-hydrogen) atoms. The van der Waals surface area contributed by atoms with Gasteiger partial charge in [0, 0.05) is 33.4 Å². The van der Waals surface area contributed by atoms with Crippen molar-refractivity contribution in [2.75, 3.05) is 26.8 Å². The van der Waals surface area contributed by atoms with Gasteiger partial charge in [0.2, 0.25) is 0 Å². The maximum Gasteiger partial charge on any atom is 0.191 e. The van der Waals surface area contributed by atoms with E-state index >= 15 is 0 Å². The standard InChI is InChI=1S/C17H32N6O.HI/c1-4-23-14-21-22-15(23)12-19-16(18-3)20-13-17(8-6-7-9-17)10-11-24-5-2;/h14H,4-13H2,1-3H3,(H2,18,19,20);1H. The van der Waals surface area contributed by atoms with Gasteiger partial charge in [-0.05, 0) is 38.5 Å². The molecule has 2 rings (SSSR count). The quantitative estimate of drug-likeness (QED) is 0.254. The second kappa shape index (κ2) is 11.7. The van der Waals surface area contributed by atoms with E-state index in [2.05, 4.69) is 39.7 Å². The minimum atomic E-state index is 0. The Hall–Kier alpha value is -0.900. The largest absolute Gasteiger partial charge is 0.382 e. The van der Waals surface area contributed by atoms with Crippen LogP contribution in [-0.2, 0) is 17.8 Å². The number of hydrogen-bond donors (Lipinski definition) is 2. The van der Waals surface area contributed by atoms with E-state index in [0.717, 1.165) is 44.5 Å². The maximum atomic E-state index is 5.58.